The van der Waals surface area contributed by atoms with Crippen molar-refractivity contribution < 1.29 is 9.59 Å². The highest BCUT2D eigenvalue weighted by Crippen LogP contribution is 2.40. The van der Waals surface area contributed by atoms with Crippen LogP contribution in [-0.4, -0.2) is 42.6 Å². The van der Waals surface area contributed by atoms with Gasteiger partial charge < -0.3 is 10.6 Å². The van der Waals surface area contributed by atoms with Gasteiger partial charge in [-0.05, 0) is 18.9 Å². The van der Waals surface area contributed by atoms with Gasteiger partial charge in [0.2, 0.25) is 0 Å². The van der Waals surface area contributed by atoms with Crippen LogP contribution < -0.4 is 10.6 Å². The Bertz CT molecular complexity index is 1300. The van der Waals surface area contributed by atoms with Gasteiger partial charge in [0.25, 0.3) is 11.8 Å². The van der Waals surface area contributed by atoms with Crippen LogP contribution in [0.2, 0.25) is 0 Å². The summed E-state index contributed by atoms with van der Waals surface area (Å²) in [5.41, 5.74) is 2.08. The Labute approximate surface area is 187 Å². The van der Waals surface area contributed by atoms with E-state index in [2.05, 4.69) is 42.8 Å². The highest BCUT2D eigenvalue weighted by Gasteiger charge is 2.39. The van der Waals surface area contributed by atoms with Gasteiger partial charge in [-0.2, -0.15) is 5.10 Å². The Morgan fingerprint density at radius 2 is 1.94 bits per heavy atom. The molecule has 3 aromatic heterocycles. The molecule has 5 rings (SSSR count). The molecule has 1 aliphatic rings. The molecule has 1 fully saturated rings. The molecule has 3 heterocycles. The smallest absolute Gasteiger partial charge is 0.271 e. The first-order valence-electron chi connectivity index (χ1n) is 10.3. The van der Waals surface area contributed by atoms with Crippen LogP contribution in [0.15, 0.2) is 49.1 Å². The lowest BCUT2D eigenvalue weighted by molar-refractivity contribution is 0.0933. The van der Waals surface area contributed by atoms with E-state index in [1.165, 1.54) is 23.2 Å². The number of thiazole rings is 1. The van der Waals surface area contributed by atoms with Crippen molar-refractivity contribution in [3.63, 3.8) is 0 Å². The van der Waals surface area contributed by atoms with Crippen LogP contribution in [0.4, 0.5) is 0 Å². The summed E-state index contributed by atoms with van der Waals surface area (Å²) in [4.78, 5) is 38.6. The second-order valence-electron chi connectivity index (χ2n) is 7.82. The number of amides is 2. The van der Waals surface area contributed by atoms with Gasteiger partial charge in [-0.15, -0.1) is 11.3 Å². The number of fused-ring (bicyclic) bond motifs is 1. The molecule has 162 valence electrons. The van der Waals surface area contributed by atoms with E-state index in [9.17, 15) is 9.59 Å². The minimum absolute atomic E-state index is 0.136. The summed E-state index contributed by atoms with van der Waals surface area (Å²) in [5, 5.41) is 11.3. The zero-order valence-corrected chi connectivity index (χ0v) is 18.3. The molecule has 0 spiro atoms. The number of aryl methyl sites for hydroxylation is 1. The van der Waals surface area contributed by atoms with E-state index in [1.807, 2.05) is 25.1 Å². The van der Waals surface area contributed by atoms with Gasteiger partial charge >= 0.3 is 0 Å². The minimum Gasteiger partial charge on any atom is -0.348 e. The second-order valence-corrected chi connectivity index (χ2v) is 8.88. The Morgan fingerprint density at radius 1 is 1.12 bits per heavy atom. The van der Waals surface area contributed by atoms with Crippen LogP contribution in [0.25, 0.3) is 11.0 Å². The van der Waals surface area contributed by atoms with Gasteiger partial charge in [0, 0.05) is 19.0 Å². The van der Waals surface area contributed by atoms with Gasteiger partial charge in [0.05, 0.1) is 23.8 Å². The summed E-state index contributed by atoms with van der Waals surface area (Å²) in [6, 6.07) is 9.95. The van der Waals surface area contributed by atoms with Crippen molar-refractivity contribution in [1.29, 1.82) is 0 Å². The fraction of sp³-hybridized carbons (Fsp3) is 0.273. The number of nitrogens with zero attached hydrogens (tertiary/aromatic N) is 5. The maximum Gasteiger partial charge on any atom is 0.271 e. The zero-order chi connectivity index (χ0) is 22.2. The van der Waals surface area contributed by atoms with E-state index < -0.39 is 0 Å². The van der Waals surface area contributed by atoms with Crippen molar-refractivity contribution in [3.8, 4) is 0 Å². The standard InChI is InChI=1S/C22H21N7O2S/c1-12(27-21(31)18-15-9-26-29(2)19(15)25-11-24-18)22-23-10-17(32-22)20(30)28-16-8-14(16)13-6-4-3-5-7-13/h3-7,9-12,14,16H,8H2,1-2H3,(H,27,31)(H,28,30). The van der Waals surface area contributed by atoms with Crippen molar-refractivity contribution in [2.45, 2.75) is 31.3 Å². The lowest BCUT2D eigenvalue weighted by atomic mass is 10.1. The molecule has 3 atom stereocenters. The first kappa shape index (κ1) is 20.3. The third-order valence-electron chi connectivity index (χ3n) is 5.54. The first-order chi connectivity index (χ1) is 15.5. The molecule has 32 heavy (non-hydrogen) atoms. The number of hydrogen-bond donors (Lipinski definition) is 2. The summed E-state index contributed by atoms with van der Waals surface area (Å²) >= 11 is 1.27. The Morgan fingerprint density at radius 3 is 2.75 bits per heavy atom. The van der Waals surface area contributed by atoms with E-state index in [1.54, 1.807) is 24.1 Å². The van der Waals surface area contributed by atoms with Crippen LogP contribution in [0.5, 0.6) is 0 Å². The number of aromatic nitrogens is 5. The molecule has 0 bridgehead atoms. The topological polar surface area (TPSA) is 115 Å². The summed E-state index contributed by atoms with van der Waals surface area (Å²) in [7, 11) is 1.76. The Balaban J connectivity index is 1.22. The lowest BCUT2D eigenvalue weighted by Crippen LogP contribution is -2.27. The number of carbonyl (C=O) groups is 2. The summed E-state index contributed by atoms with van der Waals surface area (Å²) in [6.07, 6.45) is 5.41. The monoisotopic (exact) mass is 447 g/mol. The maximum atomic E-state index is 12.8. The van der Waals surface area contributed by atoms with Crippen LogP contribution in [0, 0.1) is 0 Å². The van der Waals surface area contributed by atoms with Gasteiger partial charge in [0.1, 0.15) is 21.9 Å². The highest BCUT2D eigenvalue weighted by molar-refractivity contribution is 7.13. The van der Waals surface area contributed by atoms with Gasteiger partial charge in [0.15, 0.2) is 5.65 Å². The predicted molar refractivity (Wildman–Crippen MR) is 119 cm³/mol. The molecular formula is C22H21N7O2S. The average molecular weight is 448 g/mol. The number of rotatable bonds is 6. The fourth-order valence-corrected chi connectivity index (χ4v) is 4.55. The highest BCUT2D eigenvalue weighted by atomic mass is 32.1. The van der Waals surface area contributed by atoms with Crippen LogP contribution in [-0.2, 0) is 7.05 Å². The van der Waals surface area contributed by atoms with Crippen molar-refractivity contribution >= 4 is 34.2 Å². The third kappa shape index (κ3) is 3.84. The molecular weight excluding hydrogens is 426 g/mol. The van der Waals surface area contributed by atoms with E-state index in [0.717, 1.165) is 6.42 Å². The Hall–Kier alpha value is -3.66. The molecule has 9 nitrogen and oxygen atoms in total. The molecule has 4 aromatic rings. The molecule has 2 amide bonds. The minimum atomic E-state index is -0.381. The largest absolute Gasteiger partial charge is 0.348 e. The maximum absolute atomic E-state index is 12.8. The normalized spacial score (nSPS) is 18.3. The summed E-state index contributed by atoms with van der Waals surface area (Å²) in [5.74, 6) is -0.116. The summed E-state index contributed by atoms with van der Waals surface area (Å²) < 4.78 is 1.59. The van der Waals surface area contributed by atoms with E-state index in [4.69, 9.17) is 0 Å². The van der Waals surface area contributed by atoms with Crippen molar-refractivity contribution in [2.24, 2.45) is 7.05 Å². The molecule has 1 aromatic carbocycles. The van der Waals surface area contributed by atoms with Gasteiger partial charge in [-0.25, -0.2) is 15.0 Å². The molecule has 0 saturated heterocycles. The van der Waals surface area contributed by atoms with Crippen LogP contribution >= 0.6 is 11.3 Å². The SMILES string of the molecule is CC(NC(=O)c1ncnc2c1cnn2C)c1ncc(C(=O)NC2CC2c2ccccc2)s1. The number of carbonyl (C=O) groups excluding carboxylic acids is 2. The molecule has 0 radical (unpaired) electrons. The van der Waals surface area contributed by atoms with E-state index in [-0.39, 0.29) is 29.6 Å². The Kier molecular flexibility index (Phi) is 5.14. The third-order valence-corrected chi connectivity index (χ3v) is 6.72. The first-order valence-corrected chi connectivity index (χ1v) is 11.1. The molecule has 1 saturated carbocycles. The number of hydrogen-bond acceptors (Lipinski definition) is 7. The second kappa shape index (κ2) is 8.12. The molecule has 0 aliphatic heterocycles. The predicted octanol–water partition coefficient (Wildman–Crippen LogP) is 2.60. The van der Waals surface area contributed by atoms with Crippen LogP contribution in [0.3, 0.4) is 0 Å². The zero-order valence-electron chi connectivity index (χ0n) is 17.5. The van der Waals surface area contributed by atoms with Crippen molar-refractivity contribution in [1.82, 2.24) is 35.4 Å². The van der Waals surface area contributed by atoms with Crippen molar-refractivity contribution in [2.75, 3.05) is 0 Å². The van der Waals surface area contributed by atoms with Gasteiger partial charge in [-0.1, -0.05) is 30.3 Å². The lowest BCUT2D eigenvalue weighted by Gasteiger charge is -2.11. The number of nitrogens with one attached hydrogen (secondary N) is 2. The van der Waals surface area contributed by atoms with Crippen LogP contribution in [0.1, 0.15) is 56.0 Å². The van der Waals surface area contributed by atoms with E-state index >= 15 is 0 Å². The van der Waals surface area contributed by atoms with E-state index in [0.29, 0.717) is 26.8 Å². The summed E-state index contributed by atoms with van der Waals surface area (Å²) in [6.45, 7) is 1.83. The molecule has 10 heteroatoms. The fourth-order valence-electron chi connectivity index (χ4n) is 3.73. The van der Waals surface area contributed by atoms with Crippen molar-refractivity contribution in [3.05, 3.63) is 70.2 Å². The van der Waals surface area contributed by atoms with Gasteiger partial charge in [-0.3, -0.25) is 14.3 Å². The average Bonchev–Trinajstić information content (AvgIpc) is 3.20. The molecule has 1 aliphatic carbocycles. The molecule has 3 unspecified atom stereocenters. The number of benzene rings is 1. The molecule has 2 N–H and O–H groups in total. The quantitative estimate of drug-likeness (QED) is 0.470.